The van der Waals surface area contributed by atoms with Gasteiger partial charge in [0.25, 0.3) is 0 Å². The van der Waals surface area contributed by atoms with Crippen LogP contribution in [-0.4, -0.2) is 17.9 Å². The molecule has 0 bridgehead atoms. The molecule has 0 radical (unpaired) electrons. The van der Waals surface area contributed by atoms with Crippen molar-refractivity contribution in [3.63, 3.8) is 0 Å². The number of hydrogen-bond donors (Lipinski definition) is 1. The number of rotatable bonds is 4. The number of nitrogens with one attached hydrogen (secondary N) is 1. The van der Waals surface area contributed by atoms with Gasteiger partial charge in [0.1, 0.15) is 5.75 Å². The molecule has 1 aliphatic carbocycles. The minimum Gasteiger partial charge on any atom is -0.497 e. The normalized spacial score (nSPS) is 14.2. The topological polar surface area (TPSA) is 42.1 Å². The number of methoxy groups -OCH3 is 1. The van der Waals surface area contributed by atoms with Crippen LogP contribution in [-0.2, 0) is 0 Å². The zero-order chi connectivity index (χ0) is 15.1. The lowest BCUT2D eigenvalue weighted by molar-refractivity contribution is 0.0970. The first-order valence-electron chi connectivity index (χ1n) is 7.57. The summed E-state index contributed by atoms with van der Waals surface area (Å²) in [5, 5.41) is 1.02. The van der Waals surface area contributed by atoms with Gasteiger partial charge >= 0.3 is 0 Å². The van der Waals surface area contributed by atoms with Crippen LogP contribution in [0, 0.1) is 5.92 Å². The molecule has 1 aromatic heterocycles. The molecule has 0 unspecified atom stereocenters. The van der Waals surface area contributed by atoms with Gasteiger partial charge in [-0.2, -0.15) is 0 Å². The van der Waals surface area contributed by atoms with Crippen molar-refractivity contribution in [2.75, 3.05) is 7.11 Å². The lowest BCUT2D eigenvalue weighted by atomic mass is 9.99. The molecule has 3 aromatic rings. The Labute approximate surface area is 128 Å². The first-order chi connectivity index (χ1) is 10.8. The van der Waals surface area contributed by atoms with Gasteiger partial charge in [0, 0.05) is 16.8 Å². The van der Waals surface area contributed by atoms with E-state index in [1.54, 1.807) is 7.11 Å². The standard InChI is InChI=1S/C19H17NO2/c1-22-14-10-8-12(9-11-14)18-17(19(21)13-6-7-13)15-4-2-3-5-16(15)20-18/h2-5,8-11,13,20H,6-7H2,1H3. The first-order valence-corrected chi connectivity index (χ1v) is 7.57. The molecule has 0 amide bonds. The number of benzene rings is 2. The number of para-hydroxylation sites is 1. The zero-order valence-corrected chi connectivity index (χ0v) is 12.4. The van der Waals surface area contributed by atoms with Gasteiger partial charge in [-0.25, -0.2) is 0 Å². The van der Waals surface area contributed by atoms with Crippen molar-refractivity contribution in [1.82, 2.24) is 4.98 Å². The fraction of sp³-hybridized carbons (Fsp3) is 0.211. The Bertz CT molecular complexity index is 842. The quantitative estimate of drug-likeness (QED) is 0.722. The molecule has 110 valence electrons. The number of fused-ring (bicyclic) bond motifs is 1. The molecule has 2 aromatic carbocycles. The van der Waals surface area contributed by atoms with Crippen LogP contribution in [0.25, 0.3) is 22.2 Å². The molecular weight excluding hydrogens is 274 g/mol. The molecule has 4 rings (SSSR count). The highest BCUT2D eigenvalue weighted by Gasteiger charge is 2.33. The largest absolute Gasteiger partial charge is 0.497 e. The smallest absolute Gasteiger partial charge is 0.168 e. The van der Waals surface area contributed by atoms with Crippen LogP contribution in [0.5, 0.6) is 5.75 Å². The molecule has 0 aliphatic heterocycles. The number of carbonyl (C=O) groups is 1. The maximum atomic E-state index is 12.8. The van der Waals surface area contributed by atoms with Crippen molar-refractivity contribution in [3.05, 3.63) is 54.1 Å². The van der Waals surface area contributed by atoms with E-state index >= 15 is 0 Å². The predicted molar refractivity (Wildman–Crippen MR) is 87.3 cm³/mol. The van der Waals surface area contributed by atoms with Gasteiger partial charge < -0.3 is 9.72 Å². The summed E-state index contributed by atoms with van der Waals surface area (Å²) in [7, 11) is 1.65. The molecule has 1 N–H and O–H groups in total. The fourth-order valence-corrected chi connectivity index (χ4v) is 2.92. The molecule has 1 saturated carbocycles. The number of carbonyl (C=O) groups excluding carboxylic acids is 1. The summed E-state index contributed by atoms with van der Waals surface area (Å²) in [6.07, 6.45) is 2.03. The third kappa shape index (κ3) is 2.10. The van der Waals surface area contributed by atoms with E-state index in [2.05, 4.69) is 4.98 Å². The molecule has 0 atom stereocenters. The number of H-pyrrole nitrogens is 1. The van der Waals surface area contributed by atoms with Crippen LogP contribution in [0.4, 0.5) is 0 Å². The molecule has 0 spiro atoms. The maximum Gasteiger partial charge on any atom is 0.168 e. The number of aromatic amines is 1. The van der Waals surface area contributed by atoms with Crippen molar-refractivity contribution >= 4 is 16.7 Å². The van der Waals surface area contributed by atoms with Crippen molar-refractivity contribution in [1.29, 1.82) is 0 Å². The van der Waals surface area contributed by atoms with Crippen LogP contribution in [0.1, 0.15) is 23.2 Å². The van der Waals surface area contributed by atoms with Crippen LogP contribution in [0.3, 0.4) is 0 Å². The van der Waals surface area contributed by atoms with Gasteiger partial charge in [0.15, 0.2) is 5.78 Å². The van der Waals surface area contributed by atoms with Gasteiger partial charge in [-0.15, -0.1) is 0 Å². The number of aromatic nitrogens is 1. The van der Waals surface area contributed by atoms with Crippen LogP contribution >= 0.6 is 0 Å². The molecule has 22 heavy (non-hydrogen) atoms. The van der Waals surface area contributed by atoms with Crippen LogP contribution in [0.15, 0.2) is 48.5 Å². The SMILES string of the molecule is COc1ccc(-c2[nH]c3ccccc3c2C(=O)C2CC2)cc1. The van der Waals surface area contributed by atoms with E-state index in [4.69, 9.17) is 4.74 Å². The Kier molecular flexibility index (Phi) is 3.00. The Balaban J connectivity index is 1.91. The lowest BCUT2D eigenvalue weighted by Gasteiger charge is -2.05. The second-order valence-corrected chi connectivity index (χ2v) is 5.79. The number of hydrogen-bond acceptors (Lipinski definition) is 2. The Hall–Kier alpha value is -2.55. The Morgan fingerprint density at radius 3 is 2.50 bits per heavy atom. The molecule has 1 heterocycles. The van der Waals surface area contributed by atoms with E-state index < -0.39 is 0 Å². The van der Waals surface area contributed by atoms with Gasteiger partial charge in [-0.1, -0.05) is 18.2 Å². The third-order valence-corrected chi connectivity index (χ3v) is 4.28. The van der Waals surface area contributed by atoms with Crippen molar-refractivity contribution in [2.45, 2.75) is 12.8 Å². The van der Waals surface area contributed by atoms with E-state index in [1.807, 2.05) is 48.5 Å². The van der Waals surface area contributed by atoms with Crippen molar-refractivity contribution < 1.29 is 9.53 Å². The zero-order valence-electron chi connectivity index (χ0n) is 12.4. The van der Waals surface area contributed by atoms with E-state index in [1.165, 1.54) is 0 Å². The number of ketones is 1. The van der Waals surface area contributed by atoms with E-state index in [0.717, 1.165) is 46.3 Å². The average Bonchev–Trinajstić information content (AvgIpc) is 3.34. The van der Waals surface area contributed by atoms with Crippen LogP contribution in [0.2, 0.25) is 0 Å². The molecule has 1 fully saturated rings. The van der Waals surface area contributed by atoms with Gasteiger partial charge in [0.2, 0.25) is 0 Å². The lowest BCUT2D eigenvalue weighted by Crippen LogP contribution is -2.02. The van der Waals surface area contributed by atoms with E-state index in [0.29, 0.717) is 0 Å². The predicted octanol–water partition coefficient (Wildman–Crippen LogP) is 4.44. The minimum absolute atomic E-state index is 0.205. The fourth-order valence-electron chi connectivity index (χ4n) is 2.92. The highest BCUT2D eigenvalue weighted by Crippen LogP contribution is 2.39. The third-order valence-electron chi connectivity index (χ3n) is 4.28. The number of Topliss-reactive ketones (excluding diaryl/α,β-unsaturated/α-hetero) is 1. The molecule has 0 saturated heterocycles. The summed E-state index contributed by atoms with van der Waals surface area (Å²) < 4.78 is 5.21. The first kappa shape index (κ1) is 13.1. The molecule has 3 heteroatoms. The van der Waals surface area contributed by atoms with Crippen molar-refractivity contribution in [2.24, 2.45) is 5.92 Å². The Morgan fingerprint density at radius 1 is 1.09 bits per heavy atom. The second-order valence-electron chi connectivity index (χ2n) is 5.79. The summed E-state index contributed by atoms with van der Waals surface area (Å²) in [6, 6.07) is 15.8. The summed E-state index contributed by atoms with van der Waals surface area (Å²) >= 11 is 0. The molecular formula is C19H17NO2. The molecule has 3 nitrogen and oxygen atoms in total. The number of ether oxygens (including phenoxy) is 1. The van der Waals surface area contributed by atoms with Gasteiger partial charge in [-0.3, -0.25) is 4.79 Å². The summed E-state index contributed by atoms with van der Waals surface area (Å²) in [6.45, 7) is 0. The van der Waals surface area contributed by atoms with Gasteiger partial charge in [-0.05, 0) is 48.7 Å². The minimum atomic E-state index is 0.205. The summed E-state index contributed by atoms with van der Waals surface area (Å²) in [5.74, 6) is 1.29. The Morgan fingerprint density at radius 2 is 1.82 bits per heavy atom. The van der Waals surface area contributed by atoms with E-state index in [-0.39, 0.29) is 11.7 Å². The average molecular weight is 291 g/mol. The van der Waals surface area contributed by atoms with Crippen LogP contribution < -0.4 is 4.74 Å². The highest BCUT2D eigenvalue weighted by atomic mass is 16.5. The van der Waals surface area contributed by atoms with Gasteiger partial charge in [0.05, 0.1) is 18.4 Å². The van der Waals surface area contributed by atoms with E-state index in [9.17, 15) is 4.79 Å². The molecule has 1 aliphatic rings. The maximum absolute atomic E-state index is 12.8. The monoisotopic (exact) mass is 291 g/mol. The second kappa shape index (κ2) is 5.02. The van der Waals surface area contributed by atoms with Crippen molar-refractivity contribution in [3.8, 4) is 17.0 Å². The summed E-state index contributed by atoms with van der Waals surface area (Å²) in [5.41, 5.74) is 3.78. The highest BCUT2D eigenvalue weighted by molar-refractivity contribution is 6.14. The summed E-state index contributed by atoms with van der Waals surface area (Å²) in [4.78, 5) is 16.2.